The van der Waals surface area contributed by atoms with Crippen molar-refractivity contribution in [2.24, 2.45) is 0 Å². The van der Waals surface area contributed by atoms with Crippen LogP contribution in [0.5, 0.6) is 0 Å². The molecule has 0 radical (unpaired) electrons. The van der Waals surface area contributed by atoms with Crippen molar-refractivity contribution in [2.75, 3.05) is 13.7 Å². The van der Waals surface area contributed by atoms with Gasteiger partial charge < -0.3 is 10.1 Å². The first-order valence-electron chi connectivity index (χ1n) is 5.67. The number of rotatable bonds is 3. The Hall–Kier alpha value is -1.42. The maximum absolute atomic E-state index is 13.7. The Morgan fingerprint density at radius 2 is 2.18 bits per heavy atom. The van der Waals surface area contributed by atoms with Gasteiger partial charge in [0, 0.05) is 11.6 Å². The highest BCUT2D eigenvalue weighted by molar-refractivity contribution is 5.28. The van der Waals surface area contributed by atoms with E-state index in [4.69, 9.17) is 4.74 Å². The zero-order chi connectivity index (χ0) is 12.3. The number of nitrogens with one attached hydrogen (secondary N) is 1. The molecule has 1 heterocycles. The molecule has 2 nitrogen and oxygen atoms in total. The fourth-order valence-electron chi connectivity index (χ4n) is 1.96. The molecule has 2 rings (SSSR count). The van der Waals surface area contributed by atoms with E-state index in [1.165, 1.54) is 12.1 Å². The molecule has 0 spiro atoms. The first-order chi connectivity index (χ1) is 8.22. The van der Waals surface area contributed by atoms with Crippen molar-refractivity contribution in [1.82, 2.24) is 5.32 Å². The molecule has 0 fully saturated rings. The second kappa shape index (κ2) is 5.27. The minimum Gasteiger partial charge on any atom is -0.496 e. The van der Waals surface area contributed by atoms with Crippen LogP contribution in [0.4, 0.5) is 8.78 Å². The van der Waals surface area contributed by atoms with Gasteiger partial charge in [0.1, 0.15) is 17.4 Å². The summed E-state index contributed by atoms with van der Waals surface area (Å²) >= 11 is 0. The fraction of sp³-hybridized carbons (Fsp3) is 0.385. The number of hydrogen-bond acceptors (Lipinski definition) is 2. The minimum atomic E-state index is -0.570. The Morgan fingerprint density at radius 3 is 2.76 bits per heavy atom. The second-order valence-electron chi connectivity index (χ2n) is 3.98. The molecule has 0 aromatic heterocycles. The number of halogens is 2. The van der Waals surface area contributed by atoms with Gasteiger partial charge in [-0.2, -0.15) is 0 Å². The van der Waals surface area contributed by atoms with Gasteiger partial charge in [-0.3, -0.25) is 0 Å². The predicted molar refractivity (Wildman–Crippen MR) is 61.4 cm³/mol. The summed E-state index contributed by atoms with van der Waals surface area (Å²) in [5.74, 6) is -0.414. The van der Waals surface area contributed by atoms with E-state index in [9.17, 15) is 8.78 Å². The minimum absolute atomic E-state index is 0.351. The Bertz CT molecular complexity index is 431. The highest BCUT2D eigenvalue weighted by Gasteiger charge is 2.21. The summed E-state index contributed by atoms with van der Waals surface area (Å²) in [5, 5.41) is 2.99. The molecule has 1 aliphatic rings. The van der Waals surface area contributed by atoms with Crippen LogP contribution >= 0.6 is 0 Å². The largest absolute Gasteiger partial charge is 0.496 e. The van der Waals surface area contributed by atoms with Crippen molar-refractivity contribution in [3.8, 4) is 0 Å². The van der Waals surface area contributed by atoms with Crippen LogP contribution in [0.2, 0.25) is 0 Å². The fourth-order valence-corrected chi connectivity index (χ4v) is 1.96. The van der Waals surface area contributed by atoms with Crippen LogP contribution in [-0.4, -0.2) is 13.7 Å². The molecule has 1 atom stereocenters. The summed E-state index contributed by atoms with van der Waals surface area (Å²) in [7, 11) is 1.73. The van der Waals surface area contributed by atoms with Gasteiger partial charge in [-0.1, -0.05) is 6.07 Å². The van der Waals surface area contributed by atoms with Gasteiger partial charge in [-0.25, -0.2) is 8.78 Å². The molecular weight excluding hydrogens is 224 g/mol. The molecule has 1 N–H and O–H groups in total. The van der Waals surface area contributed by atoms with Crippen LogP contribution in [0.25, 0.3) is 0 Å². The molecule has 1 aromatic carbocycles. The van der Waals surface area contributed by atoms with Gasteiger partial charge in [0.2, 0.25) is 0 Å². The Balaban J connectivity index is 2.31. The normalized spacial score (nSPS) is 17.2. The lowest BCUT2D eigenvalue weighted by Gasteiger charge is -2.24. The van der Waals surface area contributed by atoms with Crippen LogP contribution in [-0.2, 0) is 4.74 Å². The molecule has 4 heteroatoms. The van der Waals surface area contributed by atoms with Gasteiger partial charge in [0.15, 0.2) is 0 Å². The molecular formula is C13H15F2NO. The number of allylic oxidation sites excluding steroid dienone is 1. The van der Waals surface area contributed by atoms with Crippen molar-refractivity contribution in [1.29, 1.82) is 0 Å². The van der Waals surface area contributed by atoms with Crippen molar-refractivity contribution >= 4 is 0 Å². The first-order valence-corrected chi connectivity index (χ1v) is 5.67. The summed E-state index contributed by atoms with van der Waals surface area (Å²) in [6.07, 6.45) is 3.86. The maximum Gasteiger partial charge on any atom is 0.131 e. The van der Waals surface area contributed by atoms with Crippen LogP contribution < -0.4 is 5.32 Å². The number of ether oxygens (including phenoxy) is 1. The Morgan fingerprint density at radius 1 is 1.35 bits per heavy atom. The summed E-state index contributed by atoms with van der Waals surface area (Å²) in [4.78, 5) is 0. The van der Waals surface area contributed by atoms with E-state index < -0.39 is 11.6 Å². The van der Waals surface area contributed by atoms with E-state index in [1.807, 2.05) is 6.08 Å². The molecule has 92 valence electrons. The lowest BCUT2D eigenvalue weighted by Crippen LogP contribution is -2.23. The highest BCUT2D eigenvalue weighted by atomic mass is 19.1. The summed E-state index contributed by atoms with van der Waals surface area (Å²) in [6.45, 7) is 0.646. The molecule has 1 aliphatic heterocycles. The van der Waals surface area contributed by atoms with E-state index in [2.05, 4.69) is 5.32 Å². The number of hydrogen-bond donors (Lipinski definition) is 1. The molecule has 0 saturated heterocycles. The second-order valence-corrected chi connectivity index (χ2v) is 3.98. The van der Waals surface area contributed by atoms with Gasteiger partial charge in [-0.05, 0) is 32.0 Å². The smallest absolute Gasteiger partial charge is 0.131 e. The third-order valence-corrected chi connectivity index (χ3v) is 2.81. The van der Waals surface area contributed by atoms with Gasteiger partial charge in [0.05, 0.1) is 12.6 Å². The molecule has 17 heavy (non-hydrogen) atoms. The lowest BCUT2D eigenvalue weighted by molar-refractivity contribution is 0.168. The number of benzene rings is 1. The van der Waals surface area contributed by atoms with Crippen LogP contribution in [0.3, 0.4) is 0 Å². The van der Waals surface area contributed by atoms with Crippen LogP contribution in [0.1, 0.15) is 24.4 Å². The molecule has 0 aliphatic carbocycles. The monoisotopic (exact) mass is 239 g/mol. The molecule has 1 aromatic rings. The van der Waals surface area contributed by atoms with Crippen molar-refractivity contribution < 1.29 is 13.5 Å². The molecule has 0 bridgehead atoms. The summed E-state index contributed by atoms with van der Waals surface area (Å²) in [5.41, 5.74) is 0.405. The van der Waals surface area contributed by atoms with Gasteiger partial charge in [-0.15, -0.1) is 0 Å². The quantitative estimate of drug-likeness (QED) is 0.875. The Kier molecular flexibility index (Phi) is 3.74. The molecule has 0 amide bonds. The topological polar surface area (TPSA) is 21.3 Å². The van der Waals surface area contributed by atoms with E-state index >= 15 is 0 Å². The lowest BCUT2D eigenvalue weighted by atomic mass is 10.0. The maximum atomic E-state index is 13.7. The van der Waals surface area contributed by atoms with E-state index in [0.29, 0.717) is 17.9 Å². The summed E-state index contributed by atoms with van der Waals surface area (Å²) < 4.78 is 32.0. The zero-order valence-corrected chi connectivity index (χ0v) is 9.67. The number of likely N-dealkylation sites (N-methyl/N-ethyl adjacent to an activating group) is 1. The highest BCUT2D eigenvalue weighted by Crippen LogP contribution is 2.27. The van der Waals surface area contributed by atoms with Crippen LogP contribution in [0, 0.1) is 11.6 Å². The average Bonchev–Trinajstić information content (AvgIpc) is 2.34. The van der Waals surface area contributed by atoms with E-state index in [-0.39, 0.29) is 6.04 Å². The molecule has 1 unspecified atom stereocenters. The van der Waals surface area contributed by atoms with Crippen molar-refractivity contribution in [2.45, 2.75) is 18.9 Å². The van der Waals surface area contributed by atoms with Crippen LogP contribution in [0.15, 0.2) is 30.0 Å². The van der Waals surface area contributed by atoms with Crippen molar-refractivity contribution in [3.63, 3.8) is 0 Å². The first kappa shape index (κ1) is 12.0. The van der Waals surface area contributed by atoms with Gasteiger partial charge >= 0.3 is 0 Å². The van der Waals surface area contributed by atoms with Crippen molar-refractivity contribution in [3.05, 3.63) is 47.2 Å². The Labute approximate surface area is 99.3 Å². The third kappa shape index (κ3) is 2.64. The average molecular weight is 239 g/mol. The van der Waals surface area contributed by atoms with E-state index in [0.717, 1.165) is 18.9 Å². The predicted octanol–water partition coefficient (Wildman–Crippen LogP) is 2.92. The third-order valence-electron chi connectivity index (χ3n) is 2.81. The SMILES string of the molecule is CNC(C1=CCCCO1)c1ccc(F)cc1F. The molecule has 0 saturated carbocycles. The standard InChI is InChI=1S/C13H15F2NO/c1-16-13(12-4-2-3-7-17-12)10-6-5-9(14)8-11(10)15/h4-6,8,13,16H,2-3,7H2,1H3. The zero-order valence-electron chi connectivity index (χ0n) is 9.67. The van der Waals surface area contributed by atoms with E-state index in [1.54, 1.807) is 7.05 Å². The summed E-state index contributed by atoms with van der Waals surface area (Å²) in [6, 6.07) is 3.25. The van der Waals surface area contributed by atoms with Gasteiger partial charge in [0.25, 0.3) is 0 Å².